The van der Waals surface area contributed by atoms with E-state index < -0.39 is 0 Å². The zero-order chi connectivity index (χ0) is 14.7. The Kier molecular flexibility index (Phi) is 5.61. The molecule has 1 fully saturated rings. The number of carbonyl (C=O) groups excluding carboxylic acids is 1. The molecule has 0 N–H and O–H groups in total. The Morgan fingerprint density at radius 2 is 2.10 bits per heavy atom. The molecule has 1 unspecified atom stereocenters. The van der Waals surface area contributed by atoms with Gasteiger partial charge in [-0.05, 0) is 44.3 Å². The fraction of sp³-hybridized carbons (Fsp3) is 0.538. The van der Waals surface area contributed by atoms with Crippen LogP contribution >= 0.6 is 43.2 Å². The standard InChI is InChI=1S/C13H15Br2N3OS/c1-2-9(8-16)17-3-5-18(6-4-17)13(19)11-7-10(14)12(15)20-11/h7,9H,2-6H2,1H3. The molecule has 0 bridgehead atoms. The number of hydrogen-bond donors (Lipinski definition) is 0. The molecular weight excluding hydrogens is 406 g/mol. The van der Waals surface area contributed by atoms with E-state index in [2.05, 4.69) is 42.8 Å². The Bertz CT molecular complexity index is 513. The van der Waals surface area contributed by atoms with Gasteiger partial charge in [-0.1, -0.05) is 6.92 Å². The van der Waals surface area contributed by atoms with Gasteiger partial charge in [0, 0.05) is 30.7 Å². The summed E-state index contributed by atoms with van der Waals surface area (Å²) in [5.74, 6) is 0.0751. The quantitative estimate of drug-likeness (QED) is 0.753. The van der Waals surface area contributed by atoms with Gasteiger partial charge in [-0.15, -0.1) is 11.3 Å². The molecule has 108 valence electrons. The second kappa shape index (κ2) is 7.03. The van der Waals surface area contributed by atoms with E-state index in [0.717, 1.165) is 32.6 Å². The second-order valence-electron chi connectivity index (χ2n) is 4.61. The number of halogens is 2. The minimum atomic E-state index is -0.0303. The lowest BCUT2D eigenvalue weighted by Gasteiger charge is -2.36. The van der Waals surface area contributed by atoms with Crippen LogP contribution in [0.5, 0.6) is 0 Å². The summed E-state index contributed by atoms with van der Waals surface area (Å²) in [5.41, 5.74) is 0. The Labute approximate surface area is 139 Å². The van der Waals surface area contributed by atoms with Gasteiger partial charge in [-0.25, -0.2) is 0 Å². The topological polar surface area (TPSA) is 47.3 Å². The molecule has 1 aliphatic heterocycles. The van der Waals surface area contributed by atoms with Crippen molar-refractivity contribution < 1.29 is 4.79 Å². The fourth-order valence-electron chi connectivity index (χ4n) is 2.28. The Balaban J connectivity index is 1.97. The molecule has 7 heteroatoms. The normalized spacial score (nSPS) is 17.8. The SMILES string of the molecule is CCC(C#N)N1CCN(C(=O)c2cc(Br)c(Br)s2)CC1. The highest BCUT2D eigenvalue weighted by molar-refractivity contribution is 9.13. The molecule has 1 amide bonds. The van der Waals surface area contributed by atoms with E-state index in [1.165, 1.54) is 11.3 Å². The number of rotatable bonds is 3. The average molecular weight is 421 g/mol. The van der Waals surface area contributed by atoms with Gasteiger partial charge in [-0.2, -0.15) is 5.26 Å². The van der Waals surface area contributed by atoms with Gasteiger partial charge in [0.1, 0.15) is 0 Å². The first-order valence-corrected chi connectivity index (χ1v) is 8.84. The first-order valence-electron chi connectivity index (χ1n) is 6.44. The lowest BCUT2D eigenvalue weighted by atomic mass is 10.2. The molecule has 0 radical (unpaired) electrons. The van der Waals surface area contributed by atoms with Crippen LogP contribution in [-0.2, 0) is 0 Å². The molecular formula is C13H15Br2N3OS. The van der Waals surface area contributed by atoms with Crippen LogP contribution in [0, 0.1) is 11.3 Å². The Morgan fingerprint density at radius 3 is 2.55 bits per heavy atom. The summed E-state index contributed by atoms with van der Waals surface area (Å²) in [6.07, 6.45) is 0.829. The van der Waals surface area contributed by atoms with Crippen molar-refractivity contribution in [2.45, 2.75) is 19.4 Å². The predicted octanol–water partition coefficient (Wildman–Crippen LogP) is 3.33. The largest absolute Gasteiger partial charge is 0.335 e. The van der Waals surface area contributed by atoms with E-state index in [1.807, 2.05) is 17.9 Å². The van der Waals surface area contributed by atoms with Crippen molar-refractivity contribution >= 4 is 49.1 Å². The number of nitriles is 1. The molecule has 2 rings (SSSR count). The monoisotopic (exact) mass is 419 g/mol. The molecule has 0 aliphatic carbocycles. The number of piperazine rings is 1. The van der Waals surface area contributed by atoms with Crippen molar-refractivity contribution in [2.75, 3.05) is 26.2 Å². The lowest BCUT2D eigenvalue weighted by molar-refractivity contribution is 0.0609. The van der Waals surface area contributed by atoms with Crippen molar-refractivity contribution in [3.05, 3.63) is 19.2 Å². The maximum Gasteiger partial charge on any atom is 0.264 e. The second-order valence-corrected chi connectivity index (χ2v) is 7.84. The highest BCUT2D eigenvalue weighted by Gasteiger charge is 2.26. The van der Waals surface area contributed by atoms with Gasteiger partial charge in [0.2, 0.25) is 0 Å². The smallest absolute Gasteiger partial charge is 0.264 e. The summed E-state index contributed by atoms with van der Waals surface area (Å²) < 4.78 is 1.86. The minimum absolute atomic E-state index is 0.0303. The van der Waals surface area contributed by atoms with Crippen LogP contribution in [-0.4, -0.2) is 47.9 Å². The summed E-state index contributed by atoms with van der Waals surface area (Å²) in [6, 6.07) is 4.14. The third-order valence-electron chi connectivity index (χ3n) is 3.43. The molecule has 0 spiro atoms. The lowest BCUT2D eigenvalue weighted by Crippen LogP contribution is -2.51. The number of nitrogens with zero attached hydrogens (tertiary/aromatic N) is 3. The van der Waals surface area contributed by atoms with Crippen molar-refractivity contribution in [3.63, 3.8) is 0 Å². The maximum atomic E-state index is 12.4. The van der Waals surface area contributed by atoms with E-state index >= 15 is 0 Å². The number of carbonyl (C=O) groups is 1. The molecule has 1 aromatic rings. The molecule has 1 atom stereocenters. The maximum absolute atomic E-state index is 12.4. The first kappa shape index (κ1) is 16.0. The van der Waals surface area contributed by atoms with Gasteiger partial charge in [0.15, 0.2) is 0 Å². The van der Waals surface area contributed by atoms with Crippen molar-refractivity contribution in [1.29, 1.82) is 5.26 Å². The first-order chi connectivity index (χ1) is 9.56. The molecule has 4 nitrogen and oxygen atoms in total. The zero-order valence-corrected chi connectivity index (χ0v) is 15.1. The van der Waals surface area contributed by atoms with E-state index in [1.54, 1.807) is 0 Å². The van der Waals surface area contributed by atoms with E-state index in [9.17, 15) is 4.79 Å². The molecule has 1 aromatic heterocycles. The van der Waals surface area contributed by atoms with Gasteiger partial charge < -0.3 is 4.90 Å². The summed E-state index contributed by atoms with van der Waals surface area (Å²) >= 11 is 8.26. The fourth-order valence-corrected chi connectivity index (χ4v) is 4.28. The summed E-state index contributed by atoms with van der Waals surface area (Å²) in [4.78, 5) is 17.2. The van der Waals surface area contributed by atoms with Crippen LogP contribution in [0.2, 0.25) is 0 Å². The van der Waals surface area contributed by atoms with Gasteiger partial charge >= 0.3 is 0 Å². The predicted molar refractivity (Wildman–Crippen MR) is 86.9 cm³/mol. The van der Waals surface area contributed by atoms with Crippen LogP contribution < -0.4 is 0 Å². The summed E-state index contributed by atoms with van der Waals surface area (Å²) in [6.45, 7) is 4.93. The molecule has 0 aromatic carbocycles. The van der Waals surface area contributed by atoms with Gasteiger partial charge in [0.05, 0.1) is 20.8 Å². The number of thiophene rings is 1. The molecule has 1 aliphatic rings. The number of hydrogen-bond acceptors (Lipinski definition) is 4. The Morgan fingerprint density at radius 1 is 1.45 bits per heavy atom. The van der Waals surface area contributed by atoms with E-state index in [4.69, 9.17) is 5.26 Å². The van der Waals surface area contributed by atoms with Gasteiger partial charge in [-0.3, -0.25) is 9.69 Å². The summed E-state index contributed by atoms with van der Waals surface area (Å²) in [5, 5.41) is 9.08. The van der Waals surface area contributed by atoms with Crippen LogP contribution in [0.3, 0.4) is 0 Å². The van der Waals surface area contributed by atoms with E-state index in [-0.39, 0.29) is 11.9 Å². The van der Waals surface area contributed by atoms with Gasteiger partial charge in [0.25, 0.3) is 5.91 Å². The summed E-state index contributed by atoms with van der Waals surface area (Å²) in [7, 11) is 0. The molecule has 1 saturated heterocycles. The van der Waals surface area contributed by atoms with Crippen LogP contribution in [0.15, 0.2) is 14.3 Å². The Hall–Kier alpha value is -0.420. The van der Waals surface area contributed by atoms with Crippen molar-refractivity contribution in [3.8, 4) is 6.07 Å². The molecule has 0 saturated carbocycles. The third-order valence-corrected chi connectivity index (χ3v) is 6.68. The number of amides is 1. The molecule has 20 heavy (non-hydrogen) atoms. The highest BCUT2D eigenvalue weighted by Crippen LogP contribution is 2.33. The molecule has 2 heterocycles. The van der Waals surface area contributed by atoms with Crippen LogP contribution in [0.1, 0.15) is 23.0 Å². The van der Waals surface area contributed by atoms with E-state index in [0.29, 0.717) is 13.1 Å². The average Bonchev–Trinajstić information content (AvgIpc) is 2.80. The van der Waals surface area contributed by atoms with Crippen LogP contribution in [0.25, 0.3) is 0 Å². The highest BCUT2D eigenvalue weighted by atomic mass is 79.9. The third kappa shape index (κ3) is 3.42. The zero-order valence-electron chi connectivity index (χ0n) is 11.1. The van der Waals surface area contributed by atoms with Crippen molar-refractivity contribution in [2.24, 2.45) is 0 Å². The minimum Gasteiger partial charge on any atom is -0.335 e. The van der Waals surface area contributed by atoms with Crippen LogP contribution in [0.4, 0.5) is 0 Å². The van der Waals surface area contributed by atoms with Crippen molar-refractivity contribution in [1.82, 2.24) is 9.80 Å².